The summed E-state index contributed by atoms with van der Waals surface area (Å²) in [5.41, 5.74) is 2.26. The highest BCUT2D eigenvalue weighted by molar-refractivity contribution is 6.04. The van der Waals surface area contributed by atoms with Gasteiger partial charge in [-0.1, -0.05) is 26.7 Å². The predicted octanol–water partition coefficient (Wildman–Crippen LogP) is 3.86. The van der Waals surface area contributed by atoms with E-state index in [9.17, 15) is 9.59 Å². The first kappa shape index (κ1) is 22.2. The molecular formula is C22H28N6O3. The van der Waals surface area contributed by atoms with Gasteiger partial charge in [0.05, 0.1) is 11.9 Å². The summed E-state index contributed by atoms with van der Waals surface area (Å²) < 4.78 is 0. The molecular weight excluding hydrogens is 396 g/mol. The fraction of sp³-hybridized carbons (Fsp3) is 0.409. The summed E-state index contributed by atoms with van der Waals surface area (Å²) in [6.45, 7) is 5.08. The van der Waals surface area contributed by atoms with Crippen molar-refractivity contribution in [3.63, 3.8) is 0 Å². The van der Waals surface area contributed by atoms with E-state index >= 15 is 0 Å². The largest absolute Gasteiger partial charge is 0.481 e. The zero-order valence-corrected chi connectivity index (χ0v) is 17.8. The number of aromatic amines is 1. The van der Waals surface area contributed by atoms with E-state index in [-0.39, 0.29) is 18.0 Å². The number of amides is 1. The number of benzene rings is 1. The Bertz CT molecular complexity index is 1040. The fourth-order valence-corrected chi connectivity index (χ4v) is 2.76. The lowest BCUT2D eigenvalue weighted by atomic mass is 10.1. The molecule has 0 aliphatic heterocycles. The molecule has 1 saturated carbocycles. The van der Waals surface area contributed by atoms with Crippen molar-refractivity contribution in [1.29, 1.82) is 0 Å². The number of rotatable bonds is 8. The van der Waals surface area contributed by atoms with Gasteiger partial charge >= 0.3 is 5.97 Å². The van der Waals surface area contributed by atoms with E-state index in [0.29, 0.717) is 23.4 Å². The smallest absolute Gasteiger partial charge is 0.303 e. The van der Waals surface area contributed by atoms with Crippen molar-refractivity contribution < 1.29 is 14.7 Å². The zero-order chi connectivity index (χ0) is 22.2. The molecule has 1 fully saturated rings. The number of hydrogen-bond acceptors (Lipinski definition) is 6. The molecule has 2 heterocycles. The summed E-state index contributed by atoms with van der Waals surface area (Å²) in [5, 5.41) is 22.6. The number of anilines is 2. The zero-order valence-electron chi connectivity index (χ0n) is 17.8. The van der Waals surface area contributed by atoms with Crippen LogP contribution in [0, 0.1) is 5.92 Å². The van der Waals surface area contributed by atoms with Gasteiger partial charge in [0.25, 0.3) is 5.91 Å². The topological polar surface area (TPSA) is 133 Å². The van der Waals surface area contributed by atoms with Crippen LogP contribution in [0.25, 0.3) is 10.9 Å². The van der Waals surface area contributed by atoms with Gasteiger partial charge in [-0.3, -0.25) is 14.7 Å². The third-order valence-electron chi connectivity index (χ3n) is 4.80. The first-order valence-electron chi connectivity index (χ1n) is 10.5. The Morgan fingerprint density at radius 2 is 2.00 bits per heavy atom. The molecule has 0 saturated heterocycles. The molecule has 0 radical (unpaired) electrons. The van der Waals surface area contributed by atoms with Crippen LogP contribution >= 0.6 is 0 Å². The van der Waals surface area contributed by atoms with Gasteiger partial charge in [-0.2, -0.15) is 5.10 Å². The Balaban J connectivity index is 0.000000610. The van der Waals surface area contributed by atoms with Crippen LogP contribution in [-0.2, 0) is 11.2 Å². The van der Waals surface area contributed by atoms with Gasteiger partial charge in [0.15, 0.2) is 0 Å². The molecule has 9 heteroatoms. The Labute approximate surface area is 180 Å². The van der Waals surface area contributed by atoms with E-state index in [2.05, 4.69) is 37.7 Å². The van der Waals surface area contributed by atoms with Gasteiger partial charge < -0.3 is 15.7 Å². The summed E-state index contributed by atoms with van der Waals surface area (Å²) >= 11 is 0. The number of carbonyl (C=O) groups excluding carboxylic acids is 1. The molecule has 0 spiro atoms. The Morgan fingerprint density at radius 3 is 2.68 bits per heavy atom. The molecule has 31 heavy (non-hydrogen) atoms. The lowest BCUT2D eigenvalue weighted by Gasteiger charge is -2.07. The number of carboxylic acids is 1. The van der Waals surface area contributed by atoms with Crippen molar-refractivity contribution in [3.8, 4) is 0 Å². The number of carboxylic acid groups (broad SMARTS) is 1. The van der Waals surface area contributed by atoms with Gasteiger partial charge in [0.1, 0.15) is 17.8 Å². The van der Waals surface area contributed by atoms with E-state index in [1.54, 1.807) is 24.3 Å². The number of nitrogens with zero attached hydrogens (tertiary/aromatic N) is 3. The number of fused-ring (bicyclic) bond motifs is 1. The first-order valence-corrected chi connectivity index (χ1v) is 10.5. The lowest BCUT2D eigenvalue weighted by Crippen LogP contribution is -2.14. The molecule has 4 N–H and O–H groups in total. The van der Waals surface area contributed by atoms with Crippen LogP contribution in [0.15, 0.2) is 30.6 Å². The predicted molar refractivity (Wildman–Crippen MR) is 119 cm³/mol. The van der Waals surface area contributed by atoms with Gasteiger partial charge in [0, 0.05) is 35.8 Å². The van der Waals surface area contributed by atoms with Crippen LogP contribution < -0.4 is 10.6 Å². The third-order valence-corrected chi connectivity index (χ3v) is 4.80. The molecule has 1 amide bonds. The monoisotopic (exact) mass is 424 g/mol. The Hall–Kier alpha value is -3.49. The number of hydrogen-bond donors (Lipinski definition) is 4. The van der Waals surface area contributed by atoms with Crippen molar-refractivity contribution in [2.24, 2.45) is 5.92 Å². The number of aliphatic carboxylic acids is 1. The molecule has 1 aliphatic rings. The highest BCUT2D eigenvalue weighted by Gasteiger charge is 2.13. The summed E-state index contributed by atoms with van der Waals surface area (Å²) in [7, 11) is 0. The van der Waals surface area contributed by atoms with Gasteiger partial charge in [-0.05, 0) is 30.5 Å². The van der Waals surface area contributed by atoms with Crippen molar-refractivity contribution >= 4 is 34.3 Å². The molecule has 1 aliphatic carbocycles. The average Bonchev–Trinajstić information content (AvgIpc) is 3.44. The molecule has 164 valence electrons. The van der Waals surface area contributed by atoms with Gasteiger partial charge in [0.2, 0.25) is 0 Å². The van der Waals surface area contributed by atoms with E-state index < -0.39 is 5.97 Å². The van der Waals surface area contributed by atoms with Crippen LogP contribution in [0.1, 0.15) is 55.7 Å². The molecule has 0 atom stereocenters. The van der Waals surface area contributed by atoms with Crippen LogP contribution in [-0.4, -0.2) is 43.7 Å². The highest BCUT2D eigenvalue weighted by atomic mass is 16.4. The minimum Gasteiger partial charge on any atom is -0.481 e. The second-order valence-electron chi connectivity index (χ2n) is 7.68. The molecule has 2 aromatic heterocycles. The van der Waals surface area contributed by atoms with E-state index in [0.717, 1.165) is 30.0 Å². The summed E-state index contributed by atoms with van der Waals surface area (Å²) in [6, 6.07) is 6.87. The van der Waals surface area contributed by atoms with Crippen LogP contribution in [0.3, 0.4) is 0 Å². The number of aryl methyl sites for hydroxylation is 1. The molecule has 1 aromatic carbocycles. The number of aromatic nitrogens is 4. The van der Waals surface area contributed by atoms with Crippen LogP contribution in [0.5, 0.6) is 0 Å². The fourth-order valence-electron chi connectivity index (χ4n) is 2.76. The third kappa shape index (κ3) is 6.77. The van der Waals surface area contributed by atoms with Crippen LogP contribution in [0.4, 0.5) is 11.5 Å². The molecule has 4 rings (SSSR count). The minimum atomic E-state index is -0.876. The van der Waals surface area contributed by atoms with E-state index in [1.165, 1.54) is 19.2 Å². The second-order valence-corrected chi connectivity index (χ2v) is 7.68. The quantitative estimate of drug-likeness (QED) is 0.431. The first-order chi connectivity index (χ1) is 15.0. The lowest BCUT2D eigenvalue weighted by molar-refractivity contribution is -0.136. The van der Waals surface area contributed by atoms with E-state index in [4.69, 9.17) is 5.11 Å². The molecule has 3 aromatic rings. The van der Waals surface area contributed by atoms with E-state index in [1.807, 2.05) is 6.92 Å². The molecule has 9 nitrogen and oxygen atoms in total. The molecule has 0 bridgehead atoms. The maximum Gasteiger partial charge on any atom is 0.303 e. The Morgan fingerprint density at radius 1 is 1.23 bits per heavy atom. The summed E-state index contributed by atoms with van der Waals surface area (Å²) in [4.78, 5) is 31.4. The number of H-pyrrole nitrogens is 1. The van der Waals surface area contributed by atoms with Crippen LogP contribution in [0.2, 0.25) is 0 Å². The number of nitrogens with one attached hydrogen (secondary N) is 3. The highest BCUT2D eigenvalue weighted by Crippen LogP contribution is 2.26. The van der Waals surface area contributed by atoms with Crippen molar-refractivity contribution in [2.45, 2.75) is 46.0 Å². The Kier molecular flexibility index (Phi) is 7.53. The van der Waals surface area contributed by atoms with Crippen molar-refractivity contribution in [1.82, 2.24) is 20.2 Å². The SMILES string of the molecule is CC1CC1.CCCNc1cc(C(=O)Nc2ccc3n[nH]c(CCC(=O)O)c3c2)ncn1. The summed E-state index contributed by atoms with van der Waals surface area (Å²) in [5.74, 6) is 0.448. The minimum absolute atomic E-state index is 0.00233. The number of carbonyl (C=O) groups is 2. The maximum atomic E-state index is 12.5. The molecule has 0 unspecified atom stereocenters. The average molecular weight is 425 g/mol. The summed E-state index contributed by atoms with van der Waals surface area (Å²) in [6.07, 6.45) is 5.60. The van der Waals surface area contributed by atoms with Gasteiger partial charge in [-0.25, -0.2) is 9.97 Å². The van der Waals surface area contributed by atoms with Crippen molar-refractivity contribution in [3.05, 3.63) is 42.0 Å². The second kappa shape index (κ2) is 10.5. The van der Waals surface area contributed by atoms with Crippen molar-refractivity contribution in [2.75, 3.05) is 17.2 Å². The van der Waals surface area contributed by atoms with Gasteiger partial charge in [-0.15, -0.1) is 0 Å². The maximum absolute atomic E-state index is 12.5. The normalized spacial score (nSPS) is 12.7. The standard InChI is InChI=1S/C18H20N6O3.C4H8/c1-2-7-19-16-9-15(20-10-21-16)18(27)22-11-3-4-13-12(8-11)14(24-23-13)5-6-17(25)26;1-4-2-3-4/h3-4,8-10H,2,5-7H2,1H3,(H,22,27)(H,23,24)(H,25,26)(H,19,20,21);4H,2-3H2,1H3.